The third kappa shape index (κ3) is 3.37. The molecule has 104 valence electrons. The lowest BCUT2D eigenvalue weighted by molar-refractivity contribution is -0.305. The summed E-state index contributed by atoms with van der Waals surface area (Å²) in [6.45, 7) is 1.29. The van der Waals surface area contributed by atoms with E-state index < -0.39 is 18.4 Å². The average Bonchev–Trinajstić information content (AvgIpc) is 2.93. The van der Waals surface area contributed by atoms with E-state index in [1.165, 1.54) is 0 Å². The predicted octanol–water partition coefficient (Wildman–Crippen LogP) is 1.18. The lowest BCUT2D eigenvalue weighted by Gasteiger charge is -2.14. The number of carbonyl (C=O) groups is 2. The zero-order chi connectivity index (χ0) is 14.7. The highest BCUT2D eigenvalue weighted by Gasteiger charge is 2.31. The van der Waals surface area contributed by atoms with Crippen molar-refractivity contribution in [2.75, 3.05) is 6.54 Å². The number of hydrogen-bond acceptors (Lipinski definition) is 6. The summed E-state index contributed by atoms with van der Waals surface area (Å²) in [4.78, 5) is 24.0. The molecule has 1 saturated heterocycles. The van der Waals surface area contributed by atoms with Gasteiger partial charge in [0.2, 0.25) is 0 Å². The number of carbonyl (C=O) groups excluding carboxylic acids is 2. The zero-order valence-corrected chi connectivity index (χ0v) is 12.1. The summed E-state index contributed by atoms with van der Waals surface area (Å²) in [6.07, 6.45) is 4.97. The minimum Gasteiger partial charge on any atom is -0.548 e. The minimum atomic E-state index is -1.34. The molecule has 1 aromatic rings. The molecule has 20 heavy (non-hydrogen) atoms. The molecule has 0 unspecified atom stereocenters. The normalized spacial score (nSPS) is 18.1. The second-order valence-electron chi connectivity index (χ2n) is 4.04. The van der Waals surface area contributed by atoms with Gasteiger partial charge in [0.15, 0.2) is 0 Å². The number of aliphatic carboxylic acids is 1. The first-order chi connectivity index (χ1) is 9.47. The number of amides is 1. The Morgan fingerprint density at radius 1 is 1.60 bits per heavy atom. The molecule has 0 aliphatic carbocycles. The first-order valence-corrected chi connectivity index (χ1v) is 6.87. The van der Waals surface area contributed by atoms with E-state index in [0.717, 1.165) is 22.2 Å². The maximum absolute atomic E-state index is 12.0. The number of thiocarbonyl (C=S) groups is 1. The fraction of sp³-hybridized carbons (Fsp3) is 0.154. The van der Waals surface area contributed by atoms with Gasteiger partial charge in [-0.2, -0.15) is 0 Å². The van der Waals surface area contributed by atoms with Crippen molar-refractivity contribution >= 4 is 46.3 Å². The van der Waals surface area contributed by atoms with Crippen molar-refractivity contribution < 1.29 is 19.1 Å². The number of rotatable bonds is 4. The summed E-state index contributed by atoms with van der Waals surface area (Å²) < 4.78 is 5.39. The maximum atomic E-state index is 12.0. The first-order valence-electron chi connectivity index (χ1n) is 5.64. The minimum absolute atomic E-state index is 0.219. The summed E-state index contributed by atoms with van der Waals surface area (Å²) in [7, 11) is 0. The molecule has 0 saturated carbocycles. The lowest BCUT2D eigenvalue weighted by atomic mass is 10.2. The molecule has 1 aliphatic heterocycles. The number of carboxylic acids is 1. The van der Waals surface area contributed by atoms with Crippen LogP contribution in [0.1, 0.15) is 12.7 Å². The fourth-order valence-electron chi connectivity index (χ4n) is 1.61. The molecule has 1 amide bonds. The molecule has 5 nitrogen and oxygen atoms in total. The van der Waals surface area contributed by atoms with Gasteiger partial charge in [-0.05, 0) is 36.8 Å². The Morgan fingerprint density at radius 3 is 2.95 bits per heavy atom. The van der Waals surface area contributed by atoms with Gasteiger partial charge in [0, 0.05) is 0 Å². The number of hydrogen-bond donors (Lipinski definition) is 0. The Labute approximate surface area is 124 Å². The van der Waals surface area contributed by atoms with E-state index in [9.17, 15) is 14.7 Å². The van der Waals surface area contributed by atoms with E-state index in [1.54, 1.807) is 30.5 Å². The van der Waals surface area contributed by atoms with E-state index in [0.29, 0.717) is 10.7 Å². The van der Waals surface area contributed by atoms with Crippen molar-refractivity contribution in [3.63, 3.8) is 0 Å². The largest absolute Gasteiger partial charge is 0.548 e. The second-order valence-corrected chi connectivity index (χ2v) is 5.72. The zero-order valence-electron chi connectivity index (χ0n) is 10.5. The highest BCUT2D eigenvalue weighted by atomic mass is 32.2. The van der Waals surface area contributed by atoms with Crippen LogP contribution in [-0.4, -0.2) is 27.6 Å². The van der Waals surface area contributed by atoms with Crippen LogP contribution in [0.15, 0.2) is 39.4 Å². The van der Waals surface area contributed by atoms with Crippen molar-refractivity contribution in [3.8, 4) is 0 Å². The molecule has 7 heteroatoms. The highest BCUT2D eigenvalue weighted by molar-refractivity contribution is 8.26. The van der Waals surface area contributed by atoms with Gasteiger partial charge in [-0.15, -0.1) is 0 Å². The molecule has 2 rings (SSSR count). The molecule has 0 aromatic carbocycles. The van der Waals surface area contributed by atoms with E-state index in [4.69, 9.17) is 16.6 Å². The van der Waals surface area contributed by atoms with Crippen LogP contribution in [0.4, 0.5) is 0 Å². The van der Waals surface area contributed by atoms with Crippen LogP contribution >= 0.6 is 24.0 Å². The topological polar surface area (TPSA) is 73.6 Å². The molecular weight excluding hydrogens is 298 g/mol. The van der Waals surface area contributed by atoms with Gasteiger partial charge in [0.05, 0.1) is 23.7 Å². The van der Waals surface area contributed by atoms with Crippen LogP contribution < -0.4 is 5.11 Å². The Bertz CT molecular complexity index is 616. The SMILES string of the molecule is CC(=C/c1ccco1)/C=C1\SC(=S)N(CC(=O)[O-])C1=O. The molecule has 1 aromatic heterocycles. The smallest absolute Gasteiger partial charge is 0.266 e. The van der Waals surface area contributed by atoms with Crippen LogP contribution in [0.5, 0.6) is 0 Å². The predicted molar refractivity (Wildman–Crippen MR) is 77.4 cm³/mol. The van der Waals surface area contributed by atoms with E-state index in [-0.39, 0.29) is 4.32 Å². The Hall–Kier alpha value is -1.86. The van der Waals surface area contributed by atoms with Crippen molar-refractivity contribution in [1.82, 2.24) is 4.90 Å². The average molecular weight is 308 g/mol. The highest BCUT2D eigenvalue weighted by Crippen LogP contribution is 2.31. The molecule has 2 heterocycles. The summed E-state index contributed by atoms with van der Waals surface area (Å²) >= 11 is 6.05. The summed E-state index contributed by atoms with van der Waals surface area (Å²) in [6, 6.07) is 3.55. The Balaban J connectivity index is 2.17. The van der Waals surface area contributed by atoms with Crippen molar-refractivity contribution in [1.29, 1.82) is 0 Å². The van der Waals surface area contributed by atoms with Gasteiger partial charge in [-0.25, -0.2) is 0 Å². The van der Waals surface area contributed by atoms with Gasteiger partial charge >= 0.3 is 0 Å². The van der Waals surface area contributed by atoms with Crippen LogP contribution in [0.2, 0.25) is 0 Å². The van der Waals surface area contributed by atoms with Crippen LogP contribution in [0.3, 0.4) is 0 Å². The number of thioether (sulfide) groups is 1. The van der Waals surface area contributed by atoms with E-state index in [2.05, 4.69) is 0 Å². The van der Waals surface area contributed by atoms with Crippen molar-refractivity contribution in [2.24, 2.45) is 0 Å². The monoisotopic (exact) mass is 308 g/mol. The van der Waals surface area contributed by atoms with Crippen LogP contribution in [0.25, 0.3) is 6.08 Å². The van der Waals surface area contributed by atoms with Gasteiger partial charge < -0.3 is 14.3 Å². The third-order valence-corrected chi connectivity index (χ3v) is 3.81. The van der Waals surface area contributed by atoms with Gasteiger partial charge in [0.25, 0.3) is 5.91 Å². The third-order valence-electron chi connectivity index (χ3n) is 2.43. The number of nitrogens with zero attached hydrogens (tertiary/aromatic N) is 1. The second kappa shape index (κ2) is 6.06. The number of furan rings is 1. The standard InChI is InChI=1S/C13H11NO4S2/c1-8(5-9-3-2-4-18-9)6-10-12(17)14(7-11(15)16)13(19)20-10/h2-6H,7H2,1H3,(H,15,16)/p-1/b8-5-,10-6-. The molecule has 0 bridgehead atoms. The van der Waals surface area contributed by atoms with E-state index in [1.807, 2.05) is 6.92 Å². The summed E-state index contributed by atoms with van der Waals surface area (Å²) in [5, 5.41) is 10.6. The number of carboxylic acid groups (broad SMARTS) is 1. The number of allylic oxidation sites excluding steroid dienone is 2. The maximum Gasteiger partial charge on any atom is 0.266 e. The lowest BCUT2D eigenvalue weighted by Crippen LogP contribution is -2.40. The van der Waals surface area contributed by atoms with E-state index >= 15 is 0 Å². The molecular formula is C13H10NO4S2-. The molecule has 0 N–H and O–H groups in total. The summed E-state index contributed by atoms with van der Waals surface area (Å²) in [5.41, 5.74) is 0.800. The van der Waals surface area contributed by atoms with Crippen molar-refractivity contribution in [3.05, 3.63) is 40.7 Å². The van der Waals surface area contributed by atoms with Crippen LogP contribution in [-0.2, 0) is 9.59 Å². The molecule has 1 fully saturated rings. The van der Waals surface area contributed by atoms with Crippen LogP contribution in [0, 0.1) is 0 Å². The molecule has 0 radical (unpaired) electrons. The fourth-order valence-corrected chi connectivity index (χ4v) is 2.92. The van der Waals surface area contributed by atoms with Gasteiger partial charge in [-0.3, -0.25) is 9.69 Å². The Kier molecular flexibility index (Phi) is 4.41. The van der Waals surface area contributed by atoms with Crippen molar-refractivity contribution in [2.45, 2.75) is 6.92 Å². The Morgan fingerprint density at radius 2 is 2.35 bits per heavy atom. The molecule has 0 spiro atoms. The molecule has 0 atom stereocenters. The quantitative estimate of drug-likeness (QED) is 0.614. The summed E-state index contributed by atoms with van der Waals surface area (Å²) in [5.74, 6) is -1.09. The van der Waals surface area contributed by atoms with Gasteiger partial charge in [0.1, 0.15) is 10.1 Å². The first kappa shape index (κ1) is 14.5. The van der Waals surface area contributed by atoms with Gasteiger partial charge in [-0.1, -0.05) is 24.0 Å². The molecule has 1 aliphatic rings.